The monoisotopic (exact) mass is 265 g/mol. The van der Waals surface area contributed by atoms with Crippen LogP contribution < -0.4 is 5.32 Å². The average molecular weight is 266 g/mol. The topological polar surface area (TPSA) is 12.0 Å². The van der Waals surface area contributed by atoms with Crippen LogP contribution >= 0.6 is 22.9 Å². The molecular formula is C14H16ClNS. The first-order valence-electron chi connectivity index (χ1n) is 5.69. The van der Waals surface area contributed by atoms with Crippen molar-refractivity contribution in [1.29, 1.82) is 0 Å². The van der Waals surface area contributed by atoms with Crippen molar-refractivity contribution in [2.24, 2.45) is 0 Å². The van der Waals surface area contributed by atoms with Crippen molar-refractivity contribution in [3.8, 4) is 0 Å². The summed E-state index contributed by atoms with van der Waals surface area (Å²) in [6.45, 7) is 5.17. The molecule has 2 aromatic rings. The fourth-order valence-electron chi connectivity index (χ4n) is 1.70. The van der Waals surface area contributed by atoms with E-state index >= 15 is 0 Å². The highest BCUT2D eigenvalue weighted by molar-refractivity contribution is 7.12. The van der Waals surface area contributed by atoms with Gasteiger partial charge < -0.3 is 5.32 Å². The molecule has 3 heteroatoms. The lowest BCUT2D eigenvalue weighted by molar-refractivity contribution is 0.583. The van der Waals surface area contributed by atoms with Crippen molar-refractivity contribution < 1.29 is 0 Å². The first kappa shape index (κ1) is 12.6. The molecule has 0 bridgehead atoms. The summed E-state index contributed by atoms with van der Waals surface area (Å²) in [7, 11) is 0. The number of benzene rings is 1. The molecule has 1 unspecified atom stereocenters. The third kappa shape index (κ3) is 3.56. The van der Waals surface area contributed by atoms with Crippen LogP contribution in [0.4, 0.5) is 0 Å². The maximum absolute atomic E-state index is 5.95. The van der Waals surface area contributed by atoms with E-state index in [1.54, 1.807) is 0 Å². The van der Waals surface area contributed by atoms with Crippen LogP contribution in [0, 0.1) is 6.92 Å². The van der Waals surface area contributed by atoms with E-state index in [1.807, 2.05) is 29.5 Å². The molecular weight excluding hydrogens is 250 g/mol. The SMILES string of the molecule is Cc1ccc(C(C)NCc2cccc(Cl)c2)s1. The molecule has 0 aliphatic carbocycles. The van der Waals surface area contributed by atoms with Crippen molar-refractivity contribution in [3.63, 3.8) is 0 Å². The smallest absolute Gasteiger partial charge is 0.0409 e. The first-order chi connectivity index (χ1) is 8.15. The highest BCUT2D eigenvalue weighted by Crippen LogP contribution is 2.22. The summed E-state index contributed by atoms with van der Waals surface area (Å²) >= 11 is 7.80. The number of thiophene rings is 1. The van der Waals surface area contributed by atoms with Crippen molar-refractivity contribution >= 4 is 22.9 Å². The van der Waals surface area contributed by atoms with E-state index < -0.39 is 0 Å². The predicted molar refractivity (Wildman–Crippen MR) is 75.8 cm³/mol. The molecule has 0 aliphatic heterocycles. The number of hydrogen-bond donors (Lipinski definition) is 1. The molecule has 1 heterocycles. The molecule has 1 aromatic heterocycles. The van der Waals surface area contributed by atoms with Gasteiger partial charge in [0, 0.05) is 27.4 Å². The van der Waals surface area contributed by atoms with E-state index in [2.05, 4.69) is 37.4 Å². The van der Waals surface area contributed by atoms with Gasteiger partial charge in [0.1, 0.15) is 0 Å². The minimum atomic E-state index is 0.382. The summed E-state index contributed by atoms with van der Waals surface area (Å²) < 4.78 is 0. The highest BCUT2D eigenvalue weighted by atomic mass is 35.5. The zero-order valence-electron chi connectivity index (χ0n) is 10.0. The number of halogens is 1. The van der Waals surface area contributed by atoms with Gasteiger partial charge in [0.2, 0.25) is 0 Å². The summed E-state index contributed by atoms with van der Waals surface area (Å²) in [5, 5.41) is 4.30. The van der Waals surface area contributed by atoms with Crippen LogP contribution in [0.3, 0.4) is 0 Å². The van der Waals surface area contributed by atoms with Crippen LogP contribution in [0.2, 0.25) is 5.02 Å². The minimum Gasteiger partial charge on any atom is -0.305 e. The van der Waals surface area contributed by atoms with E-state index in [-0.39, 0.29) is 0 Å². The molecule has 0 radical (unpaired) electrons. The summed E-state index contributed by atoms with van der Waals surface area (Å²) in [4.78, 5) is 2.74. The molecule has 0 saturated heterocycles. The van der Waals surface area contributed by atoms with Gasteiger partial charge in [0.25, 0.3) is 0 Å². The van der Waals surface area contributed by atoms with E-state index in [0.29, 0.717) is 6.04 Å². The zero-order chi connectivity index (χ0) is 12.3. The Morgan fingerprint density at radius 1 is 1.29 bits per heavy atom. The van der Waals surface area contributed by atoms with E-state index in [1.165, 1.54) is 15.3 Å². The maximum atomic E-state index is 5.95. The van der Waals surface area contributed by atoms with Gasteiger partial charge in [0.05, 0.1) is 0 Å². The Labute approximate surface area is 111 Å². The second kappa shape index (κ2) is 5.67. The molecule has 17 heavy (non-hydrogen) atoms. The van der Waals surface area contributed by atoms with Crippen molar-refractivity contribution in [3.05, 3.63) is 56.7 Å². The molecule has 0 aliphatic rings. The number of nitrogens with one attached hydrogen (secondary N) is 1. The Balaban J connectivity index is 1.94. The Morgan fingerprint density at radius 3 is 2.76 bits per heavy atom. The van der Waals surface area contributed by atoms with Crippen LogP contribution in [0.15, 0.2) is 36.4 Å². The fraction of sp³-hybridized carbons (Fsp3) is 0.286. The van der Waals surface area contributed by atoms with Crippen LogP contribution in [-0.2, 0) is 6.54 Å². The third-order valence-corrected chi connectivity index (χ3v) is 4.11. The van der Waals surface area contributed by atoms with Gasteiger partial charge in [-0.25, -0.2) is 0 Å². The molecule has 2 rings (SSSR count). The predicted octanol–water partition coefficient (Wildman–Crippen LogP) is 4.56. The molecule has 0 spiro atoms. The van der Waals surface area contributed by atoms with Crippen molar-refractivity contribution in [2.75, 3.05) is 0 Å². The van der Waals surface area contributed by atoms with Gasteiger partial charge in [-0.05, 0) is 43.7 Å². The summed E-state index contributed by atoms with van der Waals surface area (Å²) in [6.07, 6.45) is 0. The van der Waals surface area contributed by atoms with E-state index in [0.717, 1.165) is 11.6 Å². The standard InChI is InChI=1S/C14H16ClNS/c1-10-6-7-14(17-10)11(2)16-9-12-4-3-5-13(15)8-12/h3-8,11,16H,9H2,1-2H3. The van der Waals surface area contributed by atoms with Gasteiger partial charge >= 0.3 is 0 Å². The zero-order valence-corrected chi connectivity index (χ0v) is 11.6. The first-order valence-corrected chi connectivity index (χ1v) is 6.89. The molecule has 0 fully saturated rings. The molecule has 1 atom stereocenters. The van der Waals surface area contributed by atoms with Gasteiger partial charge in [-0.15, -0.1) is 11.3 Å². The van der Waals surface area contributed by atoms with Crippen molar-refractivity contribution in [2.45, 2.75) is 26.4 Å². The van der Waals surface area contributed by atoms with E-state index in [9.17, 15) is 0 Å². The van der Waals surface area contributed by atoms with Crippen LogP contribution in [0.25, 0.3) is 0 Å². The number of rotatable bonds is 4. The lowest BCUT2D eigenvalue weighted by atomic mass is 10.2. The second-order valence-electron chi connectivity index (χ2n) is 4.18. The molecule has 0 saturated carbocycles. The molecule has 1 nitrogen and oxygen atoms in total. The summed E-state index contributed by atoms with van der Waals surface area (Å²) in [5.41, 5.74) is 1.22. The average Bonchev–Trinajstić information content (AvgIpc) is 2.73. The second-order valence-corrected chi connectivity index (χ2v) is 5.94. The molecule has 1 aromatic carbocycles. The fourth-order valence-corrected chi connectivity index (χ4v) is 2.82. The van der Waals surface area contributed by atoms with Crippen molar-refractivity contribution in [1.82, 2.24) is 5.32 Å². The Bertz CT molecular complexity index is 492. The van der Waals surface area contributed by atoms with Crippen LogP contribution in [0.5, 0.6) is 0 Å². The van der Waals surface area contributed by atoms with E-state index in [4.69, 9.17) is 11.6 Å². The van der Waals surface area contributed by atoms with Crippen LogP contribution in [0.1, 0.15) is 28.3 Å². The normalized spacial score (nSPS) is 12.6. The van der Waals surface area contributed by atoms with Crippen LogP contribution in [-0.4, -0.2) is 0 Å². The summed E-state index contributed by atoms with van der Waals surface area (Å²) in [5.74, 6) is 0. The highest BCUT2D eigenvalue weighted by Gasteiger charge is 2.06. The maximum Gasteiger partial charge on any atom is 0.0409 e. The number of hydrogen-bond acceptors (Lipinski definition) is 2. The third-order valence-electron chi connectivity index (χ3n) is 2.69. The Morgan fingerprint density at radius 2 is 2.12 bits per heavy atom. The lowest BCUT2D eigenvalue weighted by Crippen LogP contribution is -2.17. The molecule has 0 amide bonds. The van der Waals surface area contributed by atoms with Gasteiger partial charge in [-0.2, -0.15) is 0 Å². The lowest BCUT2D eigenvalue weighted by Gasteiger charge is -2.12. The summed E-state index contributed by atoms with van der Waals surface area (Å²) in [6, 6.07) is 12.7. The largest absolute Gasteiger partial charge is 0.305 e. The Kier molecular flexibility index (Phi) is 4.21. The molecule has 90 valence electrons. The molecule has 1 N–H and O–H groups in total. The van der Waals surface area contributed by atoms with Gasteiger partial charge in [-0.3, -0.25) is 0 Å². The number of aryl methyl sites for hydroxylation is 1. The quantitative estimate of drug-likeness (QED) is 0.855. The van der Waals surface area contributed by atoms with Gasteiger partial charge in [-0.1, -0.05) is 23.7 Å². The minimum absolute atomic E-state index is 0.382. The van der Waals surface area contributed by atoms with Gasteiger partial charge in [0.15, 0.2) is 0 Å². The Hall–Kier alpha value is -0.830.